The van der Waals surface area contributed by atoms with Crippen molar-refractivity contribution in [3.05, 3.63) is 17.5 Å². The van der Waals surface area contributed by atoms with Crippen LogP contribution in [0.2, 0.25) is 5.28 Å². The summed E-state index contributed by atoms with van der Waals surface area (Å²) in [6.45, 7) is 1.03. The zero-order valence-corrected chi connectivity index (χ0v) is 8.35. The Morgan fingerprint density at radius 2 is 2.29 bits per heavy atom. The minimum Gasteiger partial charge on any atom is -0.370 e. The first kappa shape index (κ1) is 11.1. The predicted molar refractivity (Wildman–Crippen MR) is 50.8 cm³/mol. The van der Waals surface area contributed by atoms with Gasteiger partial charge in [0.15, 0.2) is 0 Å². The largest absolute Gasteiger partial charge is 0.370 e. The summed E-state index contributed by atoms with van der Waals surface area (Å²) in [6, 6.07) is 1.57. The minimum atomic E-state index is -2.66. The van der Waals surface area contributed by atoms with Crippen LogP contribution in [0.1, 0.15) is 13.3 Å². The van der Waals surface area contributed by atoms with E-state index in [1.54, 1.807) is 6.07 Å². The minimum absolute atomic E-state index is 0.0956. The van der Waals surface area contributed by atoms with Crippen LogP contribution in [-0.2, 0) is 0 Å². The molecule has 0 aliphatic heterocycles. The number of nitrogens with one attached hydrogen (secondary N) is 1. The second-order valence-corrected chi connectivity index (χ2v) is 3.30. The lowest BCUT2D eigenvalue weighted by atomic mass is 10.3. The molecule has 0 amide bonds. The number of alkyl halides is 2. The lowest BCUT2D eigenvalue weighted by Crippen LogP contribution is -2.16. The van der Waals surface area contributed by atoms with Gasteiger partial charge >= 0.3 is 0 Å². The summed E-state index contributed by atoms with van der Waals surface area (Å²) >= 11 is 5.50. The third-order valence-corrected chi connectivity index (χ3v) is 1.68. The molecule has 1 heterocycles. The Hall–Kier alpha value is -0.970. The number of anilines is 1. The summed E-state index contributed by atoms with van der Waals surface area (Å²) < 4.78 is 24.8. The molecule has 0 fully saturated rings. The normalized spacial score (nSPS) is 11.4. The summed E-state index contributed by atoms with van der Waals surface area (Å²) in [5.41, 5.74) is 0. The maximum absolute atomic E-state index is 12.4. The molecule has 0 atom stereocenters. The summed E-state index contributed by atoms with van der Waals surface area (Å²) in [5.74, 6) is -2.21. The highest BCUT2D eigenvalue weighted by Crippen LogP contribution is 2.16. The fourth-order valence-corrected chi connectivity index (χ4v) is 0.991. The fraction of sp³-hybridized carbons (Fsp3) is 0.500. The molecule has 1 aromatic rings. The molecular formula is C8H10ClF2N3. The van der Waals surface area contributed by atoms with E-state index in [4.69, 9.17) is 11.6 Å². The van der Waals surface area contributed by atoms with E-state index in [1.165, 1.54) is 6.20 Å². The van der Waals surface area contributed by atoms with Gasteiger partial charge in [-0.15, -0.1) is 0 Å². The molecule has 6 heteroatoms. The van der Waals surface area contributed by atoms with Crippen LogP contribution < -0.4 is 5.32 Å². The van der Waals surface area contributed by atoms with Gasteiger partial charge in [-0.25, -0.2) is 18.7 Å². The standard InChI is InChI=1S/C8H10ClF2N3/c1-8(10,11)3-5-12-6-2-4-13-7(9)14-6/h2,4H,3,5H2,1H3,(H,12,13,14). The van der Waals surface area contributed by atoms with Gasteiger partial charge in [-0.3, -0.25) is 0 Å². The molecule has 0 aliphatic carbocycles. The van der Waals surface area contributed by atoms with Crippen molar-refractivity contribution in [2.45, 2.75) is 19.3 Å². The van der Waals surface area contributed by atoms with E-state index >= 15 is 0 Å². The molecule has 1 aromatic heterocycles. The van der Waals surface area contributed by atoms with Gasteiger partial charge < -0.3 is 5.32 Å². The molecule has 0 bridgehead atoms. The summed E-state index contributed by atoms with van der Waals surface area (Å²) in [6.07, 6.45) is 1.22. The van der Waals surface area contributed by atoms with Crippen LogP contribution in [-0.4, -0.2) is 22.4 Å². The number of aromatic nitrogens is 2. The molecular weight excluding hydrogens is 212 g/mol. The fourth-order valence-electron chi connectivity index (χ4n) is 0.843. The van der Waals surface area contributed by atoms with E-state index in [1.807, 2.05) is 0 Å². The molecule has 14 heavy (non-hydrogen) atoms. The van der Waals surface area contributed by atoms with Crippen LogP contribution in [0.4, 0.5) is 14.6 Å². The topological polar surface area (TPSA) is 37.8 Å². The van der Waals surface area contributed by atoms with Crippen molar-refractivity contribution in [3.63, 3.8) is 0 Å². The van der Waals surface area contributed by atoms with Gasteiger partial charge in [0.25, 0.3) is 0 Å². The van der Waals surface area contributed by atoms with E-state index in [0.29, 0.717) is 5.82 Å². The first-order valence-electron chi connectivity index (χ1n) is 4.08. The van der Waals surface area contributed by atoms with Gasteiger partial charge in [0.1, 0.15) is 5.82 Å². The van der Waals surface area contributed by atoms with E-state index in [2.05, 4.69) is 15.3 Å². The number of halogens is 3. The van der Waals surface area contributed by atoms with Crippen molar-refractivity contribution in [2.75, 3.05) is 11.9 Å². The van der Waals surface area contributed by atoms with Crippen LogP contribution in [0.5, 0.6) is 0 Å². The third kappa shape index (κ3) is 4.32. The van der Waals surface area contributed by atoms with Crippen molar-refractivity contribution < 1.29 is 8.78 Å². The zero-order chi connectivity index (χ0) is 10.6. The van der Waals surface area contributed by atoms with Crippen LogP contribution in [0.15, 0.2) is 12.3 Å². The Bertz CT molecular complexity index is 301. The van der Waals surface area contributed by atoms with Crippen molar-refractivity contribution in [1.29, 1.82) is 0 Å². The van der Waals surface area contributed by atoms with Crippen LogP contribution in [0.3, 0.4) is 0 Å². The second-order valence-electron chi connectivity index (χ2n) is 2.96. The maximum atomic E-state index is 12.4. The Labute approximate surface area is 85.5 Å². The van der Waals surface area contributed by atoms with Gasteiger partial charge in [-0.1, -0.05) is 0 Å². The van der Waals surface area contributed by atoms with Gasteiger partial charge in [0.05, 0.1) is 0 Å². The smallest absolute Gasteiger partial charge is 0.247 e. The number of hydrogen-bond acceptors (Lipinski definition) is 3. The van der Waals surface area contributed by atoms with Crippen LogP contribution in [0, 0.1) is 0 Å². The molecule has 1 rings (SSSR count). The van der Waals surface area contributed by atoms with Crippen LogP contribution in [0.25, 0.3) is 0 Å². The summed E-state index contributed by atoms with van der Waals surface area (Å²) in [4.78, 5) is 7.45. The Balaban J connectivity index is 2.39. The summed E-state index contributed by atoms with van der Waals surface area (Å²) in [7, 11) is 0. The molecule has 0 aromatic carbocycles. The monoisotopic (exact) mass is 221 g/mol. The van der Waals surface area contributed by atoms with E-state index in [-0.39, 0.29) is 18.2 Å². The second kappa shape index (κ2) is 4.50. The van der Waals surface area contributed by atoms with Crippen molar-refractivity contribution in [1.82, 2.24) is 9.97 Å². The molecule has 1 N–H and O–H groups in total. The Morgan fingerprint density at radius 3 is 2.86 bits per heavy atom. The van der Waals surface area contributed by atoms with Gasteiger partial charge in [0.2, 0.25) is 11.2 Å². The van der Waals surface area contributed by atoms with Crippen molar-refractivity contribution in [2.24, 2.45) is 0 Å². The lowest BCUT2D eigenvalue weighted by Gasteiger charge is -2.10. The number of nitrogens with zero attached hydrogens (tertiary/aromatic N) is 2. The Kier molecular flexibility index (Phi) is 3.57. The SMILES string of the molecule is CC(F)(F)CCNc1ccnc(Cl)n1. The molecule has 0 radical (unpaired) electrons. The number of rotatable bonds is 4. The number of hydrogen-bond donors (Lipinski definition) is 1. The van der Waals surface area contributed by atoms with Gasteiger partial charge in [-0.05, 0) is 24.6 Å². The molecule has 3 nitrogen and oxygen atoms in total. The van der Waals surface area contributed by atoms with Crippen molar-refractivity contribution >= 4 is 17.4 Å². The average molecular weight is 222 g/mol. The molecule has 0 spiro atoms. The Morgan fingerprint density at radius 1 is 1.57 bits per heavy atom. The van der Waals surface area contributed by atoms with E-state index in [0.717, 1.165) is 6.92 Å². The molecule has 0 aliphatic rings. The quantitative estimate of drug-likeness (QED) is 0.795. The lowest BCUT2D eigenvalue weighted by molar-refractivity contribution is 0.0167. The molecule has 0 saturated heterocycles. The van der Waals surface area contributed by atoms with E-state index in [9.17, 15) is 8.78 Å². The maximum Gasteiger partial charge on any atom is 0.247 e. The molecule has 78 valence electrons. The first-order valence-corrected chi connectivity index (χ1v) is 4.45. The highest BCUT2D eigenvalue weighted by Gasteiger charge is 2.19. The first-order chi connectivity index (χ1) is 6.47. The zero-order valence-electron chi connectivity index (χ0n) is 7.60. The van der Waals surface area contributed by atoms with Gasteiger partial charge in [-0.2, -0.15) is 0 Å². The molecule has 0 unspecified atom stereocenters. The van der Waals surface area contributed by atoms with Crippen molar-refractivity contribution in [3.8, 4) is 0 Å². The predicted octanol–water partition coefficient (Wildman–Crippen LogP) is 2.59. The highest BCUT2D eigenvalue weighted by molar-refractivity contribution is 6.28. The molecule has 0 saturated carbocycles. The van der Waals surface area contributed by atoms with E-state index < -0.39 is 5.92 Å². The highest BCUT2D eigenvalue weighted by atomic mass is 35.5. The van der Waals surface area contributed by atoms with Gasteiger partial charge in [0, 0.05) is 19.2 Å². The third-order valence-electron chi connectivity index (χ3n) is 1.50. The van der Waals surface area contributed by atoms with Crippen LogP contribution >= 0.6 is 11.6 Å². The summed E-state index contributed by atoms with van der Waals surface area (Å²) in [5, 5.41) is 2.82. The average Bonchev–Trinajstić information content (AvgIpc) is 2.01.